The molecule has 16 heavy (non-hydrogen) atoms. The third-order valence-corrected chi connectivity index (χ3v) is 4.06. The smallest absolute Gasteiger partial charge is 0.0299 e. The first-order valence-corrected chi connectivity index (χ1v) is 7.10. The van der Waals surface area contributed by atoms with Crippen molar-refractivity contribution in [1.29, 1.82) is 0 Å². The fourth-order valence-electron chi connectivity index (χ4n) is 1.82. The van der Waals surface area contributed by atoms with Gasteiger partial charge in [-0.3, -0.25) is 0 Å². The van der Waals surface area contributed by atoms with Crippen LogP contribution in [0.1, 0.15) is 36.4 Å². The van der Waals surface area contributed by atoms with Gasteiger partial charge in [-0.2, -0.15) is 0 Å². The number of nitrogens with one attached hydrogen (secondary N) is 1. The molecule has 0 fully saturated rings. The molecule has 0 spiro atoms. The van der Waals surface area contributed by atoms with Crippen molar-refractivity contribution in [2.75, 3.05) is 13.1 Å². The number of hydrogen-bond acceptors (Lipinski definition) is 3. The second kappa shape index (κ2) is 7.82. The molecule has 0 amide bonds. The topological polar surface area (TPSA) is 38.0 Å². The Hall–Kier alpha value is -0.380. The summed E-state index contributed by atoms with van der Waals surface area (Å²) in [6.07, 6.45) is 3.60. The summed E-state index contributed by atoms with van der Waals surface area (Å²) >= 11 is 1.91. The first-order valence-electron chi connectivity index (χ1n) is 6.28. The van der Waals surface area contributed by atoms with Gasteiger partial charge in [-0.25, -0.2) is 0 Å². The van der Waals surface area contributed by atoms with Crippen molar-refractivity contribution in [2.45, 2.75) is 39.7 Å². The molecule has 1 heterocycles. The maximum Gasteiger partial charge on any atom is 0.0299 e. The summed E-state index contributed by atoms with van der Waals surface area (Å²) in [6.45, 7) is 7.25. The molecule has 1 unspecified atom stereocenters. The summed E-state index contributed by atoms with van der Waals surface area (Å²) in [5.74, 6) is 0.635. The van der Waals surface area contributed by atoms with E-state index in [2.05, 4.69) is 31.3 Å². The highest BCUT2D eigenvalue weighted by molar-refractivity contribution is 7.11. The SMILES string of the molecule is CCCC(CN)CNCc1ccc(CC)s1. The van der Waals surface area contributed by atoms with E-state index in [1.54, 1.807) is 0 Å². The molecule has 0 radical (unpaired) electrons. The molecule has 0 aliphatic rings. The Morgan fingerprint density at radius 3 is 2.62 bits per heavy atom. The molecule has 1 atom stereocenters. The molecule has 0 aliphatic heterocycles. The molecule has 1 aromatic rings. The van der Waals surface area contributed by atoms with E-state index in [1.807, 2.05) is 11.3 Å². The lowest BCUT2D eigenvalue weighted by Crippen LogP contribution is -2.27. The predicted octanol–water partition coefficient (Wildman–Crippen LogP) is 2.78. The number of nitrogens with two attached hydrogens (primary N) is 1. The van der Waals surface area contributed by atoms with Gasteiger partial charge in [0.25, 0.3) is 0 Å². The molecule has 0 saturated carbocycles. The van der Waals surface area contributed by atoms with Crippen LogP contribution in [-0.4, -0.2) is 13.1 Å². The monoisotopic (exact) mass is 240 g/mol. The van der Waals surface area contributed by atoms with Crippen molar-refractivity contribution in [3.8, 4) is 0 Å². The number of thiophene rings is 1. The van der Waals surface area contributed by atoms with Crippen molar-refractivity contribution in [3.05, 3.63) is 21.9 Å². The first kappa shape index (κ1) is 13.7. The molecule has 0 aromatic carbocycles. The van der Waals surface area contributed by atoms with Gasteiger partial charge in [0, 0.05) is 16.3 Å². The van der Waals surface area contributed by atoms with Gasteiger partial charge >= 0.3 is 0 Å². The Labute approximate surface area is 103 Å². The number of rotatable bonds is 8. The van der Waals surface area contributed by atoms with E-state index in [9.17, 15) is 0 Å². The molecular weight excluding hydrogens is 216 g/mol. The fourth-order valence-corrected chi connectivity index (χ4v) is 2.75. The van der Waals surface area contributed by atoms with Crippen LogP contribution in [0.25, 0.3) is 0 Å². The lowest BCUT2D eigenvalue weighted by molar-refractivity contribution is 0.450. The third kappa shape index (κ3) is 4.64. The Kier molecular flexibility index (Phi) is 6.69. The zero-order valence-corrected chi connectivity index (χ0v) is 11.3. The predicted molar refractivity (Wildman–Crippen MR) is 72.9 cm³/mol. The summed E-state index contributed by atoms with van der Waals surface area (Å²) in [5, 5.41) is 3.51. The largest absolute Gasteiger partial charge is 0.330 e. The average molecular weight is 240 g/mol. The summed E-state index contributed by atoms with van der Waals surface area (Å²) in [4.78, 5) is 2.91. The Morgan fingerprint density at radius 2 is 2.06 bits per heavy atom. The minimum atomic E-state index is 0.635. The van der Waals surface area contributed by atoms with Crippen molar-refractivity contribution in [1.82, 2.24) is 5.32 Å². The van der Waals surface area contributed by atoms with Crippen molar-refractivity contribution >= 4 is 11.3 Å². The fraction of sp³-hybridized carbons (Fsp3) is 0.692. The molecule has 0 saturated heterocycles. The molecule has 2 nitrogen and oxygen atoms in total. The van der Waals surface area contributed by atoms with Crippen molar-refractivity contribution in [3.63, 3.8) is 0 Å². The molecule has 3 N–H and O–H groups in total. The highest BCUT2D eigenvalue weighted by Crippen LogP contribution is 2.16. The lowest BCUT2D eigenvalue weighted by Gasteiger charge is -2.13. The number of hydrogen-bond donors (Lipinski definition) is 2. The van der Waals surface area contributed by atoms with Gasteiger partial charge in [0.05, 0.1) is 0 Å². The van der Waals surface area contributed by atoms with Crippen LogP contribution in [0.3, 0.4) is 0 Å². The van der Waals surface area contributed by atoms with Gasteiger partial charge in [0.1, 0.15) is 0 Å². The zero-order chi connectivity index (χ0) is 11.8. The van der Waals surface area contributed by atoms with E-state index in [0.29, 0.717) is 5.92 Å². The number of aryl methyl sites for hydroxylation is 1. The zero-order valence-electron chi connectivity index (χ0n) is 10.5. The van der Waals surface area contributed by atoms with Gasteiger partial charge in [-0.1, -0.05) is 20.3 Å². The first-order chi connectivity index (χ1) is 7.80. The lowest BCUT2D eigenvalue weighted by atomic mass is 10.0. The van der Waals surface area contributed by atoms with E-state index in [1.165, 1.54) is 22.6 Å². The van der Waals surface area contributed by atoms with Crippen LogP contribution in [-0.2, 0) is 13.0 Å². The minimum Gasteiger partial charge on any atom is -0.330 e. The van der Waals surface area contributed by atoms with Crippen LogP contribution in [0.5, 0.6) is 0 Å². The van der Waals surface area contributed by atoms with Crippen LogP contribution < -0.4 is 11.1 Å². The van der Waals surface area contributed by atoms with E-state index in [-0.39, 0.29) is 0 Å². The van der Waals surface area contributed by atoms with Crippen LogP contribution >= 0.6 is 11.3 Å². The van der Waals surface area contributed by atoms with E-state index in [0.717, 1.165) is 26.1 Å². The van der Waals surface area contributed by atoms with Crippen LogP contribution in [0.4, 0.5) is 0 Å². The Balaban J connectivity index is 2.23. The van der Waals surface area contributed by atoms with E-state index in [4.69, 9.17) is 5.73 Å². The molecule has 1 rings (SSSR count). The van der Waals surface area contributed by atoms with Gasteiger partial charge in [-0.05, 0) is 44.0 Å². The van der Waals surface area contributed by atoms with Gasteiger partial charge in [0.15, 0.2) is 0 Å². The minimum absolute atomic E-state index is 0.635. The van der Waals surface area contributed by atoms with Crippen LogP contribution in [0.2, 0.25) is 0 Å². The van der Waals surface area contributed by atoms with Crippen LogP contribution in [0, 0.1) is 5.92 Å². The highest BCUT2D eigenvalue weighted by Gasteiger charge is 2.05. The Morgan fingerprint density at radius 1 is 1.31 bits per heavy atom. The quantitative estimate of drug-likeness (QED) is 0.733. The standard InChI is InChI=1S/C13H24N2S/c1-3-5-11(8-14)9-15-10-13-7-6-12(4-2)16-13/h6-7,11,15H,3-5,8-10,14H2,1-2H3. The third-order valence-electron chi connectivity index (χ3n) is 2.83. The maximum atomic E-state index is 5.73. The average Bonchev–Trinajstić information content (AvgIpc) is 2.76. The highest BCUT2D eigenvalue weighted by atomic mass is 32.1. The summed E-state index contributed by atoms with van der Waals surface area (Å²) in [5.41, 5.74) is 5.73. The molecule has 0 bridgehead atoms. The Bertz CT molecular complexity index is 283. The van der Waals surface area contributed by atoms with Crippen molar-refractivity contribution in [2.24, 2.45) is 11.7 Å². The van der Waals surface area contributed by atoms with Gasteiger partial charge in [-0.15, -0.1) is 11.3 Å². The molecular formula is C13H24N2S. The molecule has 92 valence electrons. The normalized spacial score (nSPS) is 12.9. The second-order valence-corrected chi connectivity index (χ2v) is 5.50. The summed E-state index contributed by atoms with van der Waals surface area (Å²) in [7, 11) is 0. The van der Waals surface area contributed by atoms with E-state index < -0.39 is 0 Å². The maximum absolute atomic E-state index is 5.73. The molecule has 0 aliphatic carbocycles. The van der Waals surface area contributed by atoms with Crippen molar-refractivity contribution < 1.29 is 0 Å². The summed E-state index contributed by atoms with van der Waals surface area (Å²) < 4.78 is 0. The molecule has 1 aromatic heterocycles. The van der Waals surface area contributed by atoms with E-state index >= 15 is 0 Å². The molecule has 3 heteroatoms. The summed E-state index contributed by atoms with van der Waals surface area (Å²) in [6, 6.07) is 4.46. The second-order valence-electron chi connectivity index (χ2n) is 4.24. The van der Waals surface area contributed by atoms with Gasteiger partial charge < -0.3 is 11.1 Å². The van der Waals surface area contributed by atoms with Crippen LogP contribution in [0.15, 0.2) is 12.1 Å². The van der Waals surface area contributed by atoms with Gasteiger partial charge in [0.2, 0.25) is 0 Å².